The molecule has 39 heavy (non-hydrogen) atoms. The highest BCUT2D eigenvalue weighted by Gasteiger charge is 2.28. The van der Waals surface area contributed by atoms with E-state index in [0.717, 1.165) is 85.8 Å². The normalized spacial score (nSPS) is 17.0. The van der Waals surface area contributed by atoms with Gasteiger partial charge in [0, 0.05) is 61.2 Å². The van der Waals surface area contributed by atoms with Crippen molar-refractivity contribution in [1.29, 1.82) is 0 Å². The summed E-state index contributed by atoms with van der Waals surface area (Å²) in [5, 5.41) is 3.92. The topological polar surface area (TPSA) is 90.8 Å². The number of aryl methyl sites for hydroxylation is 1. The third-order valence-corrected chi connectivity index (χ3v) is 8.37. The van der Waals surface area contributed by atoms with E-state index in [4.69, 9.17) is 9.15 Å². The van der Waals surface area contributed by atoms with Gasteiger partial charge in [-0.15, -0.1) is 0 Å². The zero-order valence-electron chi connectivity index (χ0n) is 23.6. The SMILES string of the molecule is CCc1c(N(CC)C2CCOCC2)cc2oc(CN3CCCCC3)cc2c1C(=O)NCc1c(C)cc[nH]c1=O. The highest BCUT2D eigenvalue weighted by atomic mass is 16.5. The average molecular weight is 535 g/mol. The first-order valence-electron chi connectivity index (χ1n) is 14.6. The van der Waals surface area contributed by atoms with Gasteiger partial charge in [-0.2, -0.15) is 0 Å². The lowest BCUT2D eigenvalue weighted by molar-refractivity contribution is 0.0845. The summed E-state index contributed by atoms with van der Waals surface area (Å²) >= 11 is 0. The Hall–Kier alpha value is -3.10. The van der Waals surface area contributed by atoms with E-state index >= 15 is 0 Å². The highest BCUT2D eigenvalue weighted by molar-refractivity contribution is 6.09. The van der Waals surface area contributed by atoms with Gasteiger partial charge in [0.2, 0.25) is 0 Å². The van der Waals surface area contributed by atoms with Gasteiger partial charge in [-0.25, -0.2) is 0 Å². The number of ether oxygens (including phenoxy) is 1. The number of aromatic amines is 1. The average Bonchev–Trinajstić information content (AvgIpc) is 3.35. The maximum atomic E-state index is 14.0. The summed E-state index contributed by atoms with van der Waals surface area (Å²) in [6, 6.07) is 6.42. The number of nitrogens with one attached hydrogen (secondary N) is 2. The van der Waals surface area contributed by atoms with E-state index in [1.165, 1.54) is 19.3 Å². The number of carbonyl (C=O) groups excluding carboxylic acids is 1. The molecule has 210 valence electrons. The number of nitrogens with zero attached hydrogens (tertiary/aromatic N) is 2. The predicted octanol–water partition coefficient (Wildman–Crippen LogP) is 4.91. The van der Waals surface area contributed by atoms with Gasteiger partial charge in [0.25, 0.3) is 11.5 Å². The first-order chi connectivity index (χ1) is 19.0. The summed E-state index contributed by atoms with van der Waals surface area (Å²) in [7, 11) is 0. The van der Waals surface area contributed by atoms with Crippen LogP contribution >= 0.6 is 0 Å². The quantitative estimate of drug-likeness (QED) is 0.405. The number of carbonyl (C=O) groups is 1. The van der Waals surface area contributed by atoms with E-state index in [0.29, 0.717) is 23.6 Å². The van der Waals surface area contributed by atoms with Crippen LogP contribution in [0.5, 0.6) is 0 Å². The summed E-state index contributed by atoms with van der Waals surface area (Å²) < 4.78 is 12.1. The van der Waals surface area contributed by atoms with Crippen LogP contribution in [0.2, 0.25) is 0 Å². The van der Waals surface area contributed by atoms with Crippen LogP contribution in [-0.4, -0.2) is 54.7 Å². The second-order valence-corrected chi connectivity index (χ2v) is 10.8. The summed E-state index contributed by atoms with van der Waals surface area (Å²) in [5.41, 5.74) is 4.76. The van der Waals surface area contributed by atoms with Gasteiger partial charge in [0.1, 0.15) is 11.3 Å². The van der Waals surface area contributed by atoms with Gasteiger partial charge in [0.15, 0.2) is 0 Å². The van der Waals surface area contributed by atoms with Gasteiger partial charge >= 0.3 is 0 Å². The molecule has 1 aromatic carbocycles. The Kier molecular flexibility index (Phi) is 8.72. The van der Waals surface area contributed by atoms with Gasteiger partial charge in [-0.1, -0.05) is 13.3 Å². The third-order valence-electron chi connectivity index (χ3n) is 8.37. The molecule has 2 aliphatic heterocycles. The zero-order valence-corrected chi connectivity index (χ0v) is 23.6. The molecular weight excluding hydrogens is 492 g/mol. The summed E-state index contributed by atoms with van der Waals surface area (Å²) in [6.45, 7) is 11.6. The molecule has 8 nitrogen and oxygen atoms in total. The molecule has 0 radical (unpaired) electrons. The summed E-state index contributed by atoms with van der Waals surface area (Å²) in [5.74, 6) is 0.722. The summed E-state index contributed by atoms with van der Waals surface area (Å²) in [4.78, 5) is 34.0. The number of benzene rings is 1. The number of piperidine rings is 1. The van der Waals surface area contributed by atoms with Crippen LogP contribution in [0, 0.1) is 6.92 Å². The minimum Gasteiger partial charge on any atom is -0.460 e. The van der Waals surface area contributed by atoms with E-state index in [1.807, 2.05) is 13.0 Å². The molecule has 0 saturated carbocycles. The minimum absolute atomic E-state index is 0.172. The van der Waals surface area contributed by atoms with Crippen LogP contribution in [0.4, 0.5) is 5.69 Å². The van der Waals surface area contributed by atoms with Gasteiger partial charge in [0.05, 0.1) is 12.1 Å². The number of likely N-dealkylation sites (tertiary alicyclic amines) is 1. The van der Waals surface area contributed by atoms with Gasteiger partial charge in [-0.3, -0.25) is 14.5 Å². The first kappa shape index (κ1) is 27.5. The fourth-order valence-corrected chi connectivity index (χ4v) is 6.26. The van der Waals surface area contributed by atoms with Crippen molar-refractivity contribution in [2.75, 3.05) is 37.7 Å². The number of hydrogen-bond acceptors (Lipinski definition) is 6. The van der Waals surface area contributed by atoms with E-state index in [1.54, 1.807) is 6.20 Å². The first-order valence-corrected chi connectivity index (χ1v) is 14.6. The van der Waals surface area contributed by atoms with E-state index in [2.05, 4.69) is 46.1 Å². The zero-order chi connectivity index (χ0) is 27.4. The Labute approximate surface area is 230 Å². The molecule has 2 aliphatic rings. The fraction of sp³-hybridized carbons (Fsp3) is 0.548. The molecule has 1 amide bonds. The van der Waals surface area contributed by atoms with Crippen molar-refractivity contribution < 1.29 is 13.9 Å². The number of anilines is 1. The number of furan rings is 1. The number of pyridine rings is 1. The molecule has 3 aromatic rings. The number of H-pyrrole nitrogens is 1. The van der Waals surface area contributed by atoms with Gasteiger partial charge < -0.3 is 24.4 Å². The van der Waals surface area contributed by atoms with E-state index in [-0.39, 0.29) is 18.0 Å². The van der Waals surface area contributed by atoms with Crippen LogP contribution in [0.15, 0.2) is 33.6 Å². The van der Waals surface area contributed by atoms with Crippen molar-refractivity contribution in [2.24, 2.45) is 0 Å². The Bertz CT molecular complexity index is 1350. The minimum atomic E-state index is -0.172. The molecule has 2 fully saturated rings. The number of aromatic nitrogens is 1. The highest BCUT2D eigenvalue weighted by Crippen LogP contribution is 2.37. The Morgan fingerprint density at radius 3 is 2.59 bits per heavy atom. The predicted molar refractivity (Wildman–Crippen MR) is 155 cm³/mol. The Morgan fingerprint density at radius 1 is 1.13 bits per heavy atom. The number of hydrogen-bond donors (Lipinski definition) is 2. The molecule has 4 heterocycles. The number of amides is 1. The molecule has 0 aliphatic carbocycles. The Balaban J connectivity index is 1.56. The lowest BCUT2D eigenvalue weighted by Crippen LogP contribution is -2.40. The lowest BCUT2D eigenvalue weighted by atomic mass is 9.95. The molecule has 5 rings (SSSR count). The van der Waals surface area contributed by atoms with E-state index in [9.17, 15) is 9.59 Å². The van der Waals surface area contributed by atoms with Crippen molar-refractivity contribution >= 4 is 22.6 Å². The van der Waals surface area contributed by atoms with Crippen molar-refractivity contribution in [3.05, 3.63) is 62.8 Å². The maximum Gasteiger partial charge on any atom is 0.253 e. The number of fused-ring (bicyclic) bond motifs is 1. The monoisotopic (exact) mass is 534 g/mol. The smallest absolute Gasteiger partial charge is 0.253 e. The fourth-order valence-electron chi connectivity index (χ4n) is 6.26. The molecule has 2 aromatic heterocycles. The van der Waals surface area contributed by atoms with Crippen LogP contribution < -0.4 is 15.8 Å². The number of rotatable bonds is 9. The largest absolute Gasteiger partial charge is 0.460 e. The maximum absolute atomic E-state index is 14.0. The van der Waals surface area contributed by atoms with Crippen LogP contribution in [0.25, 0.3) is 11.0 Å². The van der Waals surface area contributed by atoms with Crippen LogP contribution in [0.1, 0.15) is 78.8 Å². The van der Waals surface area contributed by atoms with Crippen molar-refractivity contribution in [1.82, 2.24) is 15.2 Å². The Morgan fingerprint density at radius 2 is 1.90 bits per heavy atom. The van der Waals surface area contributed by atoms with Crippen LogP contribution in [-0.2, 0) is 24.2 Å². The second kappa shape index (κ2) is 12.4. The third kappa shape index (κ3) is 5.92. The molecule has 0 bridgehead atoms. The lowest BCUT2D eigenvalue weighted by Gasteiger charge is -2.37. The molecular formula is C31H42N4O4. The van der Waals surface area contributed by atoms with E-state index < -0.39 is 0 Å². The molecule has 0 unspecified atom stereocenters. The molecule has 0 atom stereocenters. The van der Waals surface area contributed by atoms with Crippen LogP contribution in [0.3, 0.4) is 0 Å². The van der Waals surface area contributed by atoms with Crippen molar-refractivity contribution in [3.8, 4) is 0 Å². The van der Waals surface area contributed by atoms with Crippen molar-refractivity contribution in [2.45, 2.75) is 78.4 Å². The molecule has 2 N–H and O–H groups in total. The summed E-state index contributed by atoms with van der Waals surface area (Å²) in [6.07, 6.45) is 7.99. The van der Waals surface area contributed by atoms with Gasteiger partial charge in [-0.05, 0) is 82.3 Å². The standard InChI is InChI=1S/C31H42N4O4/c1-4-24-27(35(5-2)22-10-15-38-16-11-22)18-28-25(17-23(39-28)20-34-13-7-6-8-14-34)29(24)31(37)33-19-26-21(3)9-12-32-30(26)36/h9,12,17-18,22H,4-8,10-11,13-16,19-20H2,1-3H3,(H,32,36)(H,33,37). The molecule has 2 saturated heterocycles. The second-order valence-electron chi connectivity index (χ2n) is 10.8. The molecule has 8 heteroatoms. The molecule has 0 spiro atoms. The van der Waals surface area contributed by atoms with Crippen molar-refractivity contribution in [3.63, 3.8) is 0 Å².